The Hall–Kier alpha value is -2.26. The first-order valence-electron chi connectivity index (χ1n) is 8.00. The minimum Gasteiger partial charge on any atom is -0.480 e. The molecule has 1 N–H and O–H groups in total. The highest BCUT2D eigenvalue weighted by Crippen LogP contribution is 2.23. The van der Waals surface area contributed by atoms with Crippen molar-refractivity contribution < 1.29 is 18.3 Å². The number of aryl methyl sites for hydroxylation is 2. The van der Waals surface area contributed by atoms with Crippen LogP contribution in [0.4, 0.5) is 0 Å². The van der Waals surface area contributed by atoms with E-state index in [0.29, 0.717) is 17.2 Å². The zero-order valence-electron chi connectivity index (χ0n) is 14.1. The van der Waals surface area contributed by atoms with Crippen molar-refractivity contribution in [2.75, 3.05) is 0 Å². The van der Waals surface area contributed by atoms with E-state index in [1.807, 2.05) is 19.1 Å². The minimum absolute atomic E-state index is 0.0114. The Morgan fingerprint density at radius 3 is 2.48 bits per heavy atom. The van der Waals surface area contributed by atoms with E-state index in [9.17, 15) is 18.3 Å². The third kappa shape index (κ3) is 3.42. The van der Waals surface area contributed by atoms with Gasteiger partial charge in [0.2, 0.25) is 10.0 Å². The van der Waals surface area contributed by atoms with E-state index >= 15 is 0 Å². The lowest BCUT2D eigenvalue weighted by molar-refractivity contribution is -0.142. The van der Waals surface area contributed by atoms with Gasteiger partial charge in [0.1, 0.15) is 17.7 Å². The number of sulfonamides is 1. The van der Waals surface area contributed by atoms with Crippen molar-refractivity contribution in [2.24, 2.45) is 0 Å². The molecule has 0 saturated carbocycles. The third-order valence-corrected chi connectivity index (χ3v) is 6.23. The van der Waals surface area contributed by atoms with E-state index in [1.165, 1.54) is 0 Å². The van der Waals surface area contributed by atoms with Crippen molar-refractivity contribution in [1.29, 1.82) is 0 Å². The van der Waals surface area contributed by atoms with Crippen molar-refractivity contribution in [1.82, 2.24) is 19.1 Å². The smallest absolute Gasteiger partial charge is 0.323 e. The summed E-state index contributed by atoms with van der Waals surface area (Å²) < 4.78 is 28.4. The van der Waals surface area contributed by atoms with Crippen LogP contribution in [0.3, 0.4) is 0 Å². The fourth-order valence-corrected chi connectivity index (χ4v) is 4.59. The molecule has 0 bridgehead atoms. The maximum Gasteiger partial charge on any atom is 0.323 e. The molecular formula is C16H20N4O4S. The molecule has 0 saturated heterocycles. The Balaban J connectivity index is 1.89. The SMILES string of the molecule is CCc1ccc(CS(=O)(=O)N2Cc3nnc(C)n3CC2C(=O)O)cc1. The quantitative estimate of drug-likeness (QED) is 0.847. The van der Waals surface area contributed by atoms with Gasteiger partial charge in [0.15, 0.2) is 0 Å². The van der Waals surface area contributed by atoms with Crippen molar-refractivity contribution >= 4 is 16.0 Å². The van der Waals surface area contributed by atoms with E-state index in [0.717, 1.165) is 16.3 Å². The molecule has 0 aliphatic carbocycles. The number of carboxylic acids is 1. The maximum atomic E-state index is 12.8. The summed E-state index contributed by atoms with van der Waals surface area (Å²) in [5, 5.41) is 17.4. The Morgan fingerprint density at radius 1 is 1.24 bits per heavy atom. The van der Waals surface area contributed by atoms with Crippen molar-refractivity contribution in [2.45, 2.75) is 45.2 Å². The molecule has 0 amide bonds. The lowest BCUT2D eigenvalue weighted by atomic mass is 10.1. The lowest BCUT2D eigenvalue weighted by Crippen LogP contribution is -2.51. The number of fused-ring (bicyclic) bond motifs is 1. The van der Waals surface area contributed by atoms with E-state index < -0.39 is 22.0 Å². The summed E-state index contributed by atoms with van der Waals surface area (Å²) in [4.78, 5) is 11.6. The van der Waals surface area contributed by atoms with Gasteiger partial charge in [-0.2, -0.15) is 4.31 Å². The Bertz CT molecular complexity index is 889. The second-order valence-corrected chi connectivity index (χ2v) is 8.02. The molecule has 0 fully saturated rings. The molecular weight excluding hydrogens is 344 g/mol. The summed E-state index contributed by atoms with van der Waals surface area (Å²) >= 11 is 0. The van der Waals surface area contributed by atoms with Crippen LogP contribution in [-0.4, -0.2) is 44.6 Å². The van der Waals surface area contributed by atoms with E-state index in [4.69, 9.17) is 0 Å². The summed E-state index contributed by atoms with van der Waals surface area (Å²) in [6, 6.07) is 6.14. The largest absolute Gasteiger partial charge is 0.480 e. The molecule has 1 aromatic heterocycles. The molecule has 1 unspecified atom stereocenters. The lowest BCUT2D eigenvalue weighted by Gasteiger charge is -2.32. The fourth-order valence-electron chi connectivity index (χ4n) is 2.95. The van der Waals surface area contributed by atoms with Gasteiger partial charge in [-0.1, -0.05) is 31.2 Å². The van der Waals surface area contributed by atoms with Gasteiger partial charge in [0.25, 0.3) is 0 Å². The van der Waals surface area contributed by atoms with Crippen molar-refractivity contribution in [3.8, 4) is 0 Å². The summed E-state index contributed by atoms with van der Waals surface area (Å²) in [7, 11) is -3.81. The third-order valence-electron chi connectivity index (χ3n) is 4.44. The summed E-state index contributed by atoms with van der Waals surface area (Å²) in [6.45, 7) is 3.66. The van der Waals surface area contributed by atoms with Crippen LogP contribution in [0.15, 0.2) is 24.3 Å². The number of aliphatic carboxylic acids is 1. The first-order chi connectivity index (χ1) is 11.8. The predicted octanol–water partition coefficient (Wildman–Crippen LogP) is 0.948. The van der Waals surface area contributed by atoms with Gasteiger partial charge in [-0.15, -0.1) is 10.2 Å². The second-order valence-electron chi connectivity index (χ2n) is 6.10. The molecule has 1 aromatic carbocycles. The number of hydrogen-bond donors (Lipinski definition) is 1. The Kier molecular flexibility index (Phi) is 4.61. The van der Waals surface area contributed by atoms with E-state index in [2.05, 4.69) is 10.2 Å². The highest BCUT2D eigenvalue weighted by molar-refractivity contribution is 7.88. The van der Waals surface area contributed by atoms with Crippen molar-refractivity contribution in [3.63, 3.8) is 0 Å². The topological polar surface area (TPSA) is 105 Å². The van der Waals surface area contributed by atoms with Gasteiger partial charge < -0.3 is 9.67 Å². The van der Waals surface area contributed by atoms with Crippen LogP contribution in [0.1, 0.15) is 29.7 Å². The maximum absolute atomic E-state index is 12.8. The molecule has 0 radical (unpaired) electrons. The van der Waals surface area contributed by atoms with Crippen LogP contribution >= 0.6 is 0 Å². The fraction of sp³-hybridized carbons (Fsp3) is 0.438. The molecule has 0 spiro atoms. The van der Waals surface area contributed by atoms with Gasteiger partial charge >= 0.3 is 5.97 Å². The van der Waals surface area contributed by atoms with Crippen LogP contribution in [0.2, 0.25) is 0 Å². The number of rotatable bonds is 5. The van der Waals surface area contributed by atoms with Crippen LogP contribution in [0.25, 0.3) is 0 Å². The molecule has 1 aliphatic heterocycles. The van der Waals surface area contributed by atoms with Crippen molar-refractivity contribution in [3.05, 3.63) is 47.0 Å². The number of benzene rings is 1. The zero-order valence-corrected chi connectivity index (χ0v) is 14.9. The molecule has 3 rings (SSSR count). The van der Waals surface area contributed by atoms with Crippen LogP contribution in [0, 0.1) is 6.92 Å². The number of aromatic nitrogens is 3. The highest BCUT2D eigenvalue weighted by Gasteiger charge is 2.40. The van der Waals surface area contributed by atoms with Gasteiger partial charge in [-0.3, -0.25) is 4.79 Å². The van der Waals surface area contributed by atoms with Gasteiger partial charge in [0, 0.05) is 0 Å². The minimum atomic E-state index is -3.81. The number of nitrogens with zero attached hydrogens (tertiary/aromatic N) is 4. The molecule has 1 aliphatic rings. The first kappa shape index (κ1) is 17.6. The molecule has 2 heterocycles. The predicted molar refractivity (Wildman–Crippen MR) is 90.2 cm³/mol. The molecule has 2 aromatic rings. The van der Waals surface area contributed by atoms with Gasteiger partial charge in [-0.25, -0.2) is 8.42 Å². The molecule has 9 heteroatoms. The summed E-state index contributed by atoms with van der Waals surface area (Å²) in [6.07, 6.45) is 0.870. The number of carbonyl (C=O) groups is 1. The summed E-state index contributed by atoms with van der Waals surface area (Å²) in [5.41, 5.74) is 1.75. The van der Waals surface area contributed by atoms with Crippen LogP contribution in [0.5, 0.6) is 0 Å². The molecule has 134 valence electrons. The number of hydrogen-bond acceptors (Lipinski definition) is 5. The van der Waals surface area contributed by atoms with Gasteiger partial charge in [-0.05, 0) is 24.5 Å². The normalized spacial score (nSPS) is 18.1. The molecule has 8 nitrogen and oxygen atoms in total. The second kappa shape index (κ2) is 6.57. The zero-order chi connectivity index (χ0) is 18.2. The Morgan fingerprint density at radius 2 is 1.88 bits per heavy atom. The van der Waals surface area contributed by atoms with E-state index in [-0.39, 0.29) is 18.8 Å². The van der Waals surface area contributed by atoms with Crippen LogP contribution < -0.4 is 0 Å². The average molecular weight is 364 g/mol. The molecule has 25 heavy (non-hydrogen) atoms. The van der Waals surface area contributed by atoms with Gasteiger partial charge in [0.05, 0.1) is 18.8 Å². The molecule has 1 atom stereocenters. The number of carboxylic acid groups (broad SMARTS) is 1. The van der Waals surface area contributed by atoms with E-state index in [1.54, 1.807) is 23.6 Å². The summed E-state index contributed by atoms with van der Waals surface area (Å²) in [5.74, 6) is -0.384. The monoisotopic (exact) mass is 364 g/mol. The first-order valence-corrected chi connectivity index (χ1v) is 9.61. The van der Waals surface area contributed by atoms with Crippen LogP contribution in [-0.2, 0) is 40.1 Å². The standard InChI is InChI=1S/C16H20N4O4S/c1-3-12-4-6-13(7-5-12)10-25(23,24)20-9-15-18-17-11(2)19(15)8-14(20)16(21)22/h4-7,14H,3,8-10H2,1-2H3,(H,21,22). The average Bonchev–Trinajstić information content (AvgIpc) is 2.95. The Labute approximate surface area is 146 Å². The highest BCUT2D eigenvalue weighted by atomic mass is 32.2.